The average Bonchev–Trinajstić information content (AvgIpc) is 2.45. The van der Waals surface area contributed by atoms with Gasteiger partial charge in [-0.15, -0.1) is 0 Å². The highest BCUT2D eigenvalue weighted by Crippen LogP contribution is 2.29. The molecule has 1 N–H and O–H groups in total. The molecule has 0 heterocycles. The van der Waals surface area contributed by atoms with Crippen molar-refractivity contribution in [3.8, 4) is 0 Å². The van der Waals surface area contributed by atoms with Gasteiger partial charge in [-0.25, -0.2) is 0 Å². The Morgan fingerprint density at radius 3 is 2.48 bits per heavy atom. The molecule has 21 heavy (non-hydrogen) atoms. The Morgan fingerprint density at radius 1 is 1.05 bits per heavy atom. The van der Waals surface area contributed by atoms with Crippen molar-refractivity contribution in [3.63, 3.8) is 0 Å². The third-order valence-electron chi connectivity index (χ3n) is 3.55. The van der Waals surface area contributed by atoms with Crippen LogP contribution in [-0.2, 0) is 6.42 Å². The highest BCUT2D eigenvalue weighted by molar-refractivity contribution is 6.31. The Balaban J connectivity index is 2.36. The van der Waals surface area contributed by atoms with Gasteiger partial charge in [0.25, 0.3) is 0 Å². The molecule has 0 spiro atoms. The van der Waals surface area contributed by atoms with Gasteiger partial charge in [0.15, 0.2) is 0 Å². The molecule has 0 aliphatic heterocycles. The molecule has 0 aliphatic carbocycles. The molecular weight excluding hydrogens is 278 g/mol. The number of hydrogen-bond donors (Lipinski definition) is 1. The van der Waals surface area contributed by atoms with Crippen LogP contribution in [0.4, 0.5) is 0 Å². The zero-order valence-corrected chi connectivity index (χ0v) is 13.8. The van der Waals surface area contributed by atoms with Gasteiger partial charge in [-0.1, -0.05) is 74.8 Å². The second kappa shape index (κ2) is 7.63. The summed E-state index contributed by atoms with van der Waals surface area (Å²) in [5, 5.41) is 4.37. The van der Waals surface area contributed by atoms with Crippen molar-refractivity contribution >= 4 is 11.6 Å². The predicted octanol–water partition coefficient (Wildman–Crippen LogP) is 5.24. The summed E-state index contributed by atoms with van der Waals surface area (Å²) in [5.41, 5.74) is 3.81. The van der Waals surface area contributed by atoms with Crippen LogP contribution in [0.25, 0.3) is 0 Å². The molecule has 0 amide bonds. The fourth-order valence-corrected chi connectivity index (χ4v) is 2.94. The minimum atomic E-state index is 0.149. The summed E-state index contributed by atoms with van der Waals surface area (Å²) in [6, 6.07) is 17.1. The summed E-state index contributed by atoms with van der Waals surface area (Å²) in [6.07, 6.45) is 1.11. The van der Waals surface area contributed by atoms with E-state index in [9.17, 15) is 0 Å². The van der Waals surface area contributed by atoms with E-state index in [1.807, 2.05) is 18.2 Å². The lowest BCUT2D eigenvalue weighted by molar-refractivity contribution is 0.623. The molecule has 1 unspecified atom stereocenters. The molecule has 2 aromatic carbocycles. The molecular formula is C19H24ClN. The molecule has 0 saturated heterocycles. The van der Waals surface area contributed by atoms with Gasteiger partial charge in [0.05, 0.1) is 6.04 Å². The van der Waals surface area contributed by atoms with E-state index in [0.717, 1.165) is 23.6 Å². The Morgan fingerprint density at radius 2 is 1.81 bits per heavy atom. The summed E-state index contributed by atoms with van der Waals surface area (Å²) in [5.74, 6) is 0.665. The zero-order valence-electron chi connectivity index (χ0n) is 13.1. The first kappa shape index (κ1) is 16.1. The predicted molar refractivity (Wildman–Crippen MR) is 92.0 cm³/mol. The van der Waals surface area contributed by atoms with Gasteiger partial charge in [-0.05, 0) is 41.6 Å². The van der Waals surface area contributed by atoms with Crippen molar-refractivity contribution < 1.29 is 0 Å². The SMILES string of the molecule is CCNC(c1cccc(CC(C)C)c1)c1ccccc1Cl. The van der Waals surface area contributed by atoms with Crippen LogP contribution >= 0.6 is 11.6 Å². The van der Waals surface area contributed by atoms with Crippen LogP contribution < -0.4 is 5.32 Å². The molecule has 2 heteroatoms. The molecule has 0 bridgehead atoms. The molecule has 2 rings (SSSR count). The fraction of sp³-hybridized carbons (Fsp3) is 0.368. The lowest BCUT2D eigenvalue weighted by Crippen LogP contribution is -2.22. The van der Waals surface area contributed by atoms with Crippen molar-refractivity contribution in [2.24, 2.45) is 5.92 Å². The maximum Gasteiger partial charge on any atom is 0.0591 e. The first-order valence-corrected chi connectivity index (χ1v) is 8.06. The molecule has 0 fully saturated rings. The molecule has 1 atom stereocenters. The highest BCUT2D eigenvalue weighted by atomic mass is 35.5. The molecule has 1 nitrogen and oxygen atoms in total. The molecule has 2 aromatic rings. The summed E-state index contributed by atoms with van der Waals surface area (Å²) < 4.78 is 0. The van der Waals surface area contributed by atoms with E-state index in [0.29, 0.717) is 5.92 Å². The van der Waals surface area contributed by atoms with Gasteiger partial charge < -0.3 is 5.32 Å². The van der Waals surface area contributed by atoms with Crippen LogP contribution in [0.1, 0.15) is 43.5 Å². The molecule has 0 saturated carbocycles. The Bertz CT molecular complexity index is 577. The summed E-state index contributed by atoms with van der Waals surface area (Å²) in [4.78, 5) is 0. The third kappa shape index (κ3) is 4.33. The van der Waals surface area contributed by atoms with E-state index >= 15 is 0 Å². The van der Waals surface area contributed by atoms with Crippen LogP contribution in [0, 0.1) is 5.92 Å². The summed E-state index contributed by atoms with van der Waals surface area (Å²) >= 11 is 6.39. The first-order chi connectivity index (χ1) is 10.1. The quantitative estimate of drug-likeness (QED) is 0.769. The lowest BCUT2D eigenvalue weighted by atomic mass is 9.94. The summed E-state index contributed by atoms with van der Waals surface area (Å²) in [7, 11) is 0. The second-order valence-electron chi connectivity index (χ2n) is 5.86. The number of nitrogens with one attached hydrogen (secondary N) is 1. The number of hydrogen-bond acceptors (Lipinski definition) is 1. The number of rotatable bonds is 6. The monoisotopic (exact) mass is 301 g/mol. The molecule has 112 valence electrons. The fourth-order valence-electron chi connectivity index (χ4n) is 2.69. The Kier molecular flexibility index (Phi) is 5.84. The van der Waals surface area contributed by atoms with Gasteiger partial charge in [0.2, 0.25) is 0 Å². The minimum absolute atomic E-state index is 0.149. The second-order valence-corrected chi connectivity index (χ2v) is 6.26. The van der Waals surface area contributed by atoms with Crippen LogP contribution in [0.3, 0.4) is 0 Å². The minimum Gasteiger partial charge on any atom is -0.306 e. The van der Waals surface area contributed by atoms with E-state index in [1.165, 1.54) is 11.1 Å². The van der Waals surface area contributed by atoms with Gasteiger partial charge in [-0.2, -0.15) is 0 Å². The van der Waals surface area contributed by atoms with E-state index in [4.69, 9.17) is 11.6 Å². The molecule has 0 aliphatic rings. The smallest absolute Gasteiger partial charge is 0.0591 e. The van der Waals surface area contributed by atoms with Gasteiger partial charge >= 0.3 is 0 Å². The maximum absolute atomic E-state index is 6.39. The van der Waals surface area contributed by atoms with E-state index < -0.39 is 0 Å². The van der Waals surface area contributed by atoms with E-state index in [1.54, 1.807) is 0 Å². The van der Waals surface area contributed by atoms with Gasteiger partial charge in [0.1, 0.15) is 0 Å². The van der Waals surface area contributed by atoms with Crippen molar-refractivity contribution in [1.82, 2.24) is 5.32 Å². The number of benzene rings is 2. The van der Waals surface area contributed by atoms with Gasteiger partial charge in [0, 0.05) is 5.02 Å². The standard InChI is InChI=1S/C19H24ClN/c1-4-21-19(17-10-5-6-11-18(17)20)16-9-7-8-15(13-16)12-14(2)3/h5-11,13-14,19,21H,4,12H2,1-3H3. The van der Waals surface area contributed by atoms with Crippen molar-refractivity contribution in [2.45, 2.75) is 33.2 Å². The molecule has 0 radical (unpaired) electrons. The van der Waals surface area contributed by atoms with Crippen LogP contribution in [-0.4, -0.2) is 6.54 Å². The van der Waals surface area contributed by atoms with Crippen molar-refractivity contribution in [3.05, 3.63) is 70.2 Å². The van der Waals surface area contributed by atoms with E-state index in [2.05, 4.69) is 56.4 Å². The Hall–Kier alpha value is -1.31. The van der Waals surface area contributed by atoms with Crippen LogP contribution in [0.15, 0.2) is 48.5 Å². The van der Waals surface area contributed by atoms with E-state index in [-0.39, 0.29) is 6.04 Å². The average molecular weight is 302 g/mol. The van der Waals surface area contributed by atoms with Crippen LogP contribution in [0.5, 0.6) is 0 Å². The normalized spacial score (nSPS) is 12.6. The Labute approximate surface area is 133 Å². The lowest BCUT2D eigenvalue weighted by Gasteiger charge is -2.21. The zero-order chi connectivity index (χ0) is 15.2. The third-order valence-corrected chi connectivity index (χ3v) is 3.90. The largest absolute Gasteiger partial charge is 0.306 e. The first-order valence-electron chi connectivity index (χ1n) is 7.68. The highest BCUT2D eigenvalue weighted by Gasteiger charge is 2.16. The number of halogens is 1. The van der Waals surface area contributed by atoms with Crippen LogP contribution in [0.2, 0.25) is 5.02 Å². The van der Waals surface area contributed by atoms with Crippen molar-refractivity contribution in [1.29, 1.82) is 0 Å². The topological polar surface area (TPSA) is 12.0 Å². The van der Waals surface area contributed by atoms with Gasteiger partial charge in [-0.3, -0.25) is 0 Å². The van der Waals surface area contributed by atoms with Crippen molar-refractivity contribution in [2.75, 3.05) is 6.54 Å². The summed E-state index contributed by atoms with van der Waals surface area (Å²) in [6.45, 7) is 7.54. The maximum atomic E-state index is 6.39. The molecule has 0 aromatic heterocycles.